The fourth-order valence-corrected chi connectivity index (χ4v) is 5.41. The second kappa shape index (κ2) is 7.83. The molecule has 4 aromatic rings. The summed E-state index contributed by atoms with van der Waals surface area (Å²) in [6, 6.07) is 20.6. The molecular formula is C28H25ClN4O. The van der Waals surface area contributed by atoms with Gasteiger partial charge in [-0.05, 0) is 73.1 Å². The van der Waals surface area contributed by atoms with E-state index in [2.05, 4.69) is 83.0 Å². The van der Waals surface area contributed by atoms with Gasteiger partial charge in [0.05, 0.1) is 16.6 Å². The van der Waals surface area contributed by atoms with Gasteiger partial charge >= 0.3 is 0 Å². The minimum absolute atomic E-state index is 0.0692. The molecule has 2 N–H and O–H groups in total. The van der Waals surface area contributed by atoms with Crippen LogP contribution in [0.4, 0.5) is 5.69 Å². The molecular weight excluding hydrogens is 444 g/mol. The van der Waals surface area contributed by atoms with Crippen molar-refractivity contribution < 1.29 is 4.79 Å². The van der Waals surface area contributed by atoms with Crippen LogP contribution in [0.3, 0.4) is 0 Å². The Balaban J connectivity index is 1.25. The Hall–Kier alpha value is -3.41. The summed E-state index contributed by atoms with van der Waals surface area (Å²) in [5.41, 5.74) is 6.84. The van der Waals surface area contributed by atoms with Crippen LogP contribution in [0.25, 0.3) is 23.1 Å². The van der Waals surface area contributed by atoms with E-state index >= 15 is 0 Å². The van der Waals surface area contributed by atoms with E-state index in [9.17, 15) is 4.79 Å². The smallest absolute Gasteiger partial charge is 0.235 e. The predicted octanol–water partition coefficient (Wildman–Crippen LogP) is 5.83. The number of halogens is 1. The SMILES string of the molecule is CN(C)Cc1ccc(/C=C/c2n[nH]c3cc([C@@H]4C[C@@]45C(=O)Nc4ccc(Cl)cc45)ccc23)cc1. The first-order chi connectivity index (χ1) is 16.4. The summed E-state index contributed by atoms with van der Waals surface area (Å²) < 4.78 is 0. The molecule has 34 heavy (non-hydrogen) atoms. The number of hydrogen-bond acceptors (Lipinski definition) is 3. The maximum Gasteiger partial charge on any atom is 0.235 e. The van der Waals surface area contributed by atoms with Crippen molar-refractivity contribution in [2.75, 3.05) is 19.4 Å². The van der Waals surface area contributed by atoms with E-state index in [1.54, 1.807) is 0 Å². The molecule has 1 aromatic heterocycles. The van der Waals surface area contributed by atoms with Crippen molar-refractivity contribution in [2.45, 2.75) is 24.3 Å². The van der Waals surface area contributed by atoms with Gasteiger partial charge in [0.15, 0.2) is 0 Å². The number of nitrogens with zero attached hydrogens (tertiary/aromatic N) is 2. The molecule has 170 valence electrons. The standard InChI is InChI=1S/C28H25ClN4O/c1-33(2)16-18-5-3-17(4-6-18)7-11-24-21-10-8-19(13-26(21)32-31-24)23-15-28(23)22-14-20(29)9-12-25(22)30-27(28)34/h3-14,23H,15-16H2,1-2H3,(H,30,34)(H,31,32)/b11-7+/t23-,28-/m0/s1. The molecule has 6 rings (SSSR count). The number of anilines is 1. The van der Waals surface area contributed by atoms with Crippen LogP contribution >= 0.6 is 11.6 Å². The highest BCUT2D eigenvalue weighted by atomic mass is 35.5. The summed E-state index contributed by atoms with van der Waals surface area (Å²) in [5, 5.41) is 12.5. The lowest BCUT2D eigenvalue weighted by atomic mass is 9.92. The van der Waals surface area contributed by atoms with E-state index in [1.807, 2.05) is 24.3 Å². The summed E-state index contributed by atoms with van der Waals surface area (Å²) >= 11 is 6.24. The highest BCUT2D eigenvalue weighted by molar-refractivity contribution is 6.31. The maximum absolute atomic E-state index is 12.9. The monoisotopic (exact) mass is 468 g/mol. The maximum atomic E-state index is 12.9. The van der Waals surface area contributed by atoms with Gasteiger partial charge in [-0.3, -0.25) is 9.89 Å². The fourth-order valence-electron chi connectivity index (χ4n) is 5.24. The molecule has 1 aliphatic heterocycles. The normalized spacial score (nSPS) is 21.1. The fraction of sp³-hybridized carbons (Fsp3) is 0.214. The molecule has 0 saturated heterocycles. The average Bonchev–Trinajstić information content (AvgIpc) is 3.36. The van der Waals surface area contributed by atoms with Crippen LogP contribution in [-0.4, -0.2) is 35.1 Å². The van der Waals surface area contributed by atoms with Gasteiger partial charge in [0.25, 0.3) is 0 Å². The van der Waals surface area contributed by atoms with Crippen LogP contribution in [0.5, 0.6) is 0 Å². The van der Waals surface area contributed by atoms with E-state index < -0.39 is 5.41 Å². The second-order valence-corrected chi connectivity index (χ2v) is 10.0. The van der Waals surface area contributed by atoms with Crippen molar-refractivity contribution in [2.24, 2.45) is 0 Å². The number of amides is 1. The van der Waals surface area contributed by atoms with E-state index in [0.29, 0.717) is 5.02 Å². The van der Waals surface area contributed by atoms with Crippen LogP contribution in [0.15, 0.2) is 60.7 Å². The summed E-state index contributed by atoms with van der Waals surface area (Å²) in [7, 11) is 4.14. The van der Waals surface area contributed by atoms with E-state index in [-0.39, 0.29) is 11.8 Å². The zero-order valence-corrected chi connectivity index (χ0v) is 19.9. The molecule has 1 aliphatic carbocycles. The topological polar surface area (TPSA) is 61.0 Å². The molecule has 0 bridgehead atoms. The first-order valence-corrected chi connectivity index (χ1v) is 11.8. The first-order valence-electron chi connectivity index (χ1n) is 11.5. The number of fused-ring (bicyclic) bond motifs is 3. The van der Waals surface area contributed by atoms with Crippen molar-refractivity contribution in [3.63, 3.8) is 0 Å². The number of aromatic amines is 1. The molecule has 1 amide bonds. The number of rotatable bonds is 5. The lowest BCUT2D eigenvalue weighted by Gasteiger charge is -2.09. The van der Waals surface area contributed by atoms with Gasteiger partial charge in [0.1, 0.15) is 0 Å². The number of benzene rings is 3. The van der Waals surface area contributed by atoms with Gasteiger partial charge in [-0.25, -0.2) is 0 Å². The minimum atomic E-state index is -0.505. The summed E-state index contributed by atoms with van der Waals surface area (Å²) in [6.07, 6.45) is 4.92. The highest BCUT2D eigenvalue weighted by Gasteiger charge is 2.65. The van der Waals surface area contributed by atoms with Gasteiger partial charge in [-0.2, -0.15) is 5.10 Å². The first kappa shape index (κ1) is 21.1. The number of carbonyl (C=O) groups excluding carboxylic acids is 1. The molecule has 6 heteroatoms. The summed E-state index contributed by atoms with van der Waals surface area (Å²) in [6.45, 7) is 0.929. The second-order valence-electron chi connectivity index (χ2n) is 9.60. The zero-order valence-electron chi connectivity index (χ0n) is 19.1. The number of aromatic nitrogens is 2. The van der Waals surface area contributed by atoms with Crippen LogP contribution in [0.1, 0.15) is 40.3 Å². The Labute approximate surface area is 203 Å². The molecule has 2 atom stereocenters. The molecule has 3 aromatic carbocycles. The molecule has 2 aliphatic rings. The lowest BCUT2D eigenvalue weighted by Crippen LogP contribution is -2.20. The Morgan fingerprint density at radius 2 is 1.91 bits per heavy atom. The minimum Gasteiger partial charge on any atom is -0.325 e. The molecule has 1 spiro atoms. The van der Waals surface area contributed by atoms with Gasteiger partial charge < -0.3 is 10.2 Å². The molecule has 0 radical (unpaired) electrons. The van der Waals surface area contributed by atoms with E-state index in [4.69, 9.17) is 11.6 Å². The van der Waals surface area contributed by atoms with Crippen molar-refractivity contribution >= 4 is 46.3 Å². The quantitative estimate of drug-likeness (QED) is 0.387. The van der Waals surface area contributed by atoms with Gasteiger partial charge in [-0.1, -0.05) is 54.1 Å². The predicted molar refractivity (Wildman–Crippen MR) is 138 cm³/mol. The number of nitrogens with one attached hydrogen (secondary N) is 2. The van der Waals surface area contributed by atoms with Crippen molar-refractivity contribution in [3.05, 3.63) is 93.6 Å². The van der Waals surface area contributed by atoms with Crippen molar-refractivity contribution in [1.29, 1.82) is 0 Å². The zero-order chi connectivity index (χ0) is 23.4. The van der Waals surface area contributed by atoms with Crippen LogP contribution in [0.2, 0.25) is 5.02 Å². The van der Waals surface area contributed by atoms with Gasteiger partial charge in [0, 0.05) is 28.6 Å². The molecule has 1 fully saturated rings. The number of hydrogen-bond donors (Lipinski definition) is 2. The molecule has 2 heterocycles. The van der Waals surface area contributed by atoms with Crippen molar-refractivity contribution in [3.8, 4) is 0 Å². The number of H-pyrrole nitrogens is 1. The highest BCUT2D eigenvalue weighted by Crippen LogP contribution is 2.65. The largest absolute Gasteiger partial charge is 0.325 e. The van der Waals surface area contributed by atoms with Crippen LogP contribution in [0, 0.1) is 0 Å². The van der Waals surface area contributed by atoms with E-state index in [1.165, 1.54) is 5.56 Å². The Morgan fingerprint density at radius 3 is 2.71 bits per heavy atom. The number of carbonyl (C=O) groups is 1. The Kier molecular flexibility index (Phi) is 4.87. The Bertz CT molecular complexity index is 1450. The third-order valence-corrected chi connectivity index (χ3v) is 7.24. The average molecular weight is 469 g/mol. The molecule has 0 unspecified atom stereocenters. The Morgan fingerprint density at radius 1 is 1.09 bits per heavy atom. The van der Waals surface area contributed by atoms with Crippen LogP contribution in [-0.2, 0) is 16.8 Å². The summed E-state index contributed by atoms with van der Waals surface area (Å²) in [4.78, 5) is 15.0. The van der Waals surface area contributed by atoms with Gasteiger partial charge in [-0.15, -0.1) is 0 Å². The lowest BCUT2D eigenvalue weighted by molar-refractivity contribution is -0.118. The third-order valence-electron chi connectivity index (χ3n) is 7.01. The van der Waals surface area contributed by atoms with Crippen LogP contribution < -0.4 is 5.32 Å². The summed E-state index contributed by atoms with van der Waals surface area (Å²) in [5.74, 6) is 0.208. The molecule has 5 nitrogen and oxygen atoms in total. The van der Waals surface area contributed by atoms with E-state index in [0.717, 1.165) is 51.9 Å². The third kappa shape index (κ3) is 3.44. The van der Waals surface area contributed by atoms with Gasteiger partial charge in [0.2, 0.25) is 5.91 Å². The van der Waals surface area contributed by atoms with Crippen molar-refractivity contribution in [1.82, 2.24) is 15.1 Å². The molecule has 1 saturated carbocycles.